The molecule has 0 saturated heterocycles. The van der Waals surface area contributed by atoms with Crippen molar-refractivity contribution >= 4 is 5.91 Å². The molecule has 0 saturated carbocycles. The van der Waals surface area contributed by atoms with Crippen LogP contribution >= 0.6 is 0 Å². The molecule has 8 heavy (non-hydrogen) atoms. The molecule has 0 bridgehead atoms. The van der Waals surface area contributed by atoms with Crippen LogP contribution in [0.1, 0.15) is 13.3 Å². The lowest BCUT2D eigenvalue weighted by Gasteiger charge is -1.96. The Kier molecular flexibility index (Phi) is 2.95. The summed E-state index contributed by atoms with van der Waals surface area (Å²) in [4.78, 5) is 19.6. The van der Waals surface area contributed by atoms with E-state index < -0.39 is 11.9 Å². The molecule has 4 heteroatoms. The van der Waals surface area contributed by atoms with Gasteiger partial charge in [0, 0.05) is 5.18 Å². The zero-order chi connectivity index (χ0) is 6.57. The van der Waals surface area contributed by atoms with Crippen LogP contribution in [0.15, 0.2) is 5.18 Å². The van der Waals surface area contributed by atoms with Gasteiger partial charge < -0.3 is 5.73 Å². The van der Waals surface area contributed by atoms with Gasteiger partial charge in [-0.15, -0.1) is 4.91 Å². The second kappa shape index (κ2) is 3.26. The Bertz CT molecular complexity index is 102. The highest BCUT2D eigenvalue weighted by atomic mass is 16.3. The third kappa shape index (κ3) is 1.79. The van der Waals surface area contributed by atoms with Crippen molar-refractivity contribution in [2.45, 2.75) is 19.4 Å². The van der Waals surface area contributed by atoms with E-state index in [1.807, 2.05) is 0 Å². The lowest BCUT2D eigenvalue weighted by Crippen LogP contribution is -2.27. The number of rotatable bonds is 2. The van der Waals surface area contributed by atoms with E-state index >= 15 is 0 Å². The van der Waals surface area contributed by atoms with Gasteiger partial charge in [-0.3, -0.25) is 4.79 Å². The number of amides is 1. The van der Waals surface area contributed by atoms with Crippen molar-refractivity contribution in [1.82, 2.24) is 0 Å². The van der Waals surface area contributed by atoms with Gasteiger partial charge in [-0.05, 0) is 6.42 Å². The molecule has 1 unspecified atom stereocenters. The Balaban J connectivity index is 3.62. The predicted octanol–water partition coefficient (Wildman–Crippen LogP) is 0.0167. The standard InChI is InChI=1S/C4H8N2O2/c1-2-3(5)4(7)6-8/h3H,2,5H2,1H3. The van der Waals surface area contributed by atoms with Crippen LogP contribution < -0.4 is 5.73 Å². The lowest BCUT2D eigenvalue weighted by atomic mass is 10.2. The Morgan fingerprint density at radius 1 is 1.88 bits per heavy atom. The largest absolute Gasteiger partial charge is 0.320 e. The molecular formula is C4H8N2O2. The molecule has 0 radical (unpaired) electrons. The Morgan fingerprint density at radius 3 is 2.50 bits per heavy atom. The molecule has 0 aliphatic rings. The maximum absolute atomic E-state index is 10.1. The lowest BCUT2D eigenvalue weighted by molar-refractivity contribution is -0.119. The summed E-state index contributed by atoms with van der Waals surface area (Å²) in [6.45, 7) is 1.72. The fourth-order valence-electron chi connectivity index (χ4n) is 0.242. The van der Waals surface area contributed by atoms with Gasteiger partial charge in [0.1, 0.15) is 0 Å². The van der Waals surface area contributed by atoms with Crippen molar-refractivity contribution in [1.29, 1.82) is 0 Å². The quantitative estimate of drug-likeness (QED) is 0.517. The van der Waals surface area contributed by atoms with Gasteiger partial charge in [-0.1, -0.05) is 6.92 Å². The highest BCUT2D eigenvalue weighted by molar-refractivity contribution is 5.81. The first kappa shape index (κ1) is 7.23. The van der Waals surface area contributed by atoms with E-state index in [1.165, 1.54) is 0 Å². The van der Waals surface area contributed by atoms with Crippen LogP contribution in [0.2, 0.25) is 0 Å². The number of hydrogen-bond donors (Lipinski definition) is 1. The molecule has 0 aliphatic carbocycles. The van der Waals surface area contributed by atoms with Gasteiger partial charge in [-0.2, -0.15) is 0 Å². The molecule has 0 rings (SSSR count). The molecule has 0 fully saturated rings. The Hall–Kier alpha value is -0.770. The maximum atomic E-state index is 10.1. The Morgan fingerprint density at radius 2 is 2.38 bits per heavy atom. The summed E-state index contributed by atoms with van der Waals surface area (Å²) < 4.78 is 0. The van der Waals surface area contributed by atoms with Crippen molar-refractivity contribution in [2.75, 3.05) is 0 Å². The minimum Gasteiger partial charge on any atom is -0.320 e. The summed E-state index contributed by atoms with van der Waals surface area (Å²) in [6.07, 6.45) is 0.463. The summed E-state index contributed by atoms with van der Waals surface area (Å²) in [7, 11) is 0. The van der Waals surface area contributed by atoms with Gasteiger partial charge in [0.15, 0.2) is 0 Å². The van der Waals surface area contributed by atoms with Crippen molar-refractivity contribution in [3.05, 3.63) is 4.91 Å². The van der Waals surface area contributed by atoms with Crippen molar-refractivity contribution in [3.63, 3.8) is 0 Å². The van der Waals surface area contributed by atoms with Gasteiger partial charge in [-0.25, -0.2) is 0 Å². The zero-order valence-electron chi connectivity index (χ0n) is 4.63. The van der Waals surface area contributed by atoms with Gasteiger partial charge >= 0.3 is 5.91 Å². The minimum absolute atomic E-state index is 0.463. The van der Waals surface area contributed by atoms with Crippen molar-refractivity contribution in [3.8, 4) is 0 Å². The molecule has 46 valence electrons. The van der Waals surface area contributed by atoms with E-state index in [-0.39, 0.29) is 0 Å². The average molecular weight is 116 g/mol. The summed E-state index contributed by atoms with van der Waals surface area (Å²) in [5.74, 6) is -0.771. The molecule has 0 aromatic carbocycles. The van der Waals surface area contributed by atoms with Crippen molar-refractivity contribution in [2.24, 2.45) is 10.9 Å². The van der Waals surface area contributed by atoms with E-state index in [2.05, 4.69) is 5.18 Å². The first-order valence-electron chi connectivity index (χ1n) is 2.35. The number of nitrogens with zero attached hydrogens (tertiary/aromatic N) is 1. The summed E-state index contributed by atoms with van der Waals surface area (Å²) in [5, 5.41) is 2.15. The molecule has 1 atom stereocenters. The summed E-state index contributed by atoms with van der Waals surface area (Å²) in [5.41, 5.74) is 5.08. The van der Waals surface area contributed by atoms with Crippen LogP contribution in [-0.4, -0.2) is 11.9 Å². The second-order valence-corrected chi connectivity index (χ2v) is 1.44. The summed E-state index contributed by atoms with van der Waals surface area (Å²) >= 11 is 0. The van der Waals surface area contributed by atoms with Crippen molar-refractivity contribution < 1.29 is 4.79 Å². The zero-order valence-corrected chi connectivity index (χ0v) is 4.63. The third-order valence-corrected chi connectivity index (χ3v) is 0.847. The van der Waals surface area contributed by atoms with E-state index in [0.29, 0.717) is 6.42 Å². The number of nitrogens with two attached hydrogens (primary N) is 1. The number of hydrogen-bond acceptors (Lipinski definition) is 3. The molecule has 4 nitrogen and oxygen atoms in total. The highest BCUT2D eigenvalue weighted by Gasteiger charge is 2.09. The fraction of sp³-hybridized carbons (Fsp3) is 0.750. The Labute approximate surface area is 47.0 Å². The van der Waals surface area contributed by atoms with E-state index in [1.54, 1.807) is 6.92 Å². The topological polar surface area (TPSA) is 72.5 Å². The summed E-state index contributed by atoms with van der Waals surface area (Å²) in [6, 6.07) is -0.701. The predicted molar refractivity (Wildman–Crippen MR) is 29.1 cm³/mol. The minimum atomic E-state index is -0.771. The van der Waals surface area contributed by atoms with Gasteiger partial charge in [0.2, 0.25) is 0 Å². The van der Waals surface area contributed by atoms with Crippen LogP contribution in [-0.2, 0) is 4.79 Å². The van der Waals surface area contributed by atoms with Crippen LogP contribution in [0.25, 0.3) is 0 Å². The first-order valence-corrected chi connectivity index (χ1v) is 2.35. The van der Waals surface area contributed by atoms with Crippen LogP contribution in [0, 0.1) is 4.91 Å². The highest BCUT2D eigenvalue weighted by Crippen LogP contribution is 1.87. The van der Waals surface area contributed by atoms with E-state index in [9.17, 15) is 9.70 Å². The monoisotopic (exact) mass is 116 g/mol. The van der Waals surface area contributed by atoms with Crippen LogP contribution in [0.3, 0.4) is 0 Å². The molecule has 0 aromatic heterocycles. The SMILES string of the molecule is CCC(N)C(=O)N=O. The van der Waals surface area contributed by atoms with Crippen LogP contribution in [0.4, 0.5) is 0 Å². The molecule has 2 N–H and O–H groups in total. The maximum Gasteiger partial charge on any atom is 0.302 e. The van der Waals surface area contributed by atoms with E-state index in [0.717, 1.165) is 0 Å². The molecule has 0 heterocycles. The number of nitroso groups, excluding NO2 is 1. The van der Waals surface area contributed by atoms with Gasteiger partial charge in [0.05, 0.1) is 6.04 Å². The number of carbonyl (C=O) groups excluding carboxylic acids is 1. The van der Waals surface area contributed by atoms with Crippen LogP contribution in [0.5, 0.6) is 0 Å². The molecule has 0 spiro atoms. The molecule has 1 amide bonds. The molecule has 0 aliphatic heterocycles. The smallest absolute Gasteiger partial charge is 0.302 e. The second-order valence-electron chi connectivity index (χ2n) is 1.44. The number of carbonyl (C=O) groups is 1. The average Bonchev–Trinajstić information content (AvgIpc) is 1.84. The van der Waals surface area contributed by atoms with E-state index in [4.69, 9.17) is 5.73 Å². The molecule has 0 aromatic rings. The third-order valence-electron chi connectivity index (χ3n) is 0.847. The fourth-order valence-corrected chi connectivity index (χ4v) is 0.242. The van der Waals surface area contributed by atoms with Gasteiger partial charge in [0.25, 0.3) is 0 Å². The normalized spacial score (nSPS) is 12.8. The first-order chi connectivity index (χ1) is 3.72. The molecular weight excluding hydrogens is 108 g/mol.